The van der Waals surface area contributed by atoms with Gasteiger partial charge >= 0.3 is 0 Å². The van der Waals surface area contributed by atoms with E-state index in [1.807, 2.05) is 41.3 Å². The summed E-state index contributed by atoms with van der Waals surface area (Å²) in [5, 5.41) is 8.91. The van der Waals surface area contributed by atoms with Crippen LogP contribution < -0.4 is 26.4 Å². The molecule has 0 radical (unpaired) electrons. The Labute approximate surface area is 262 Å². The molecule has 11 heteroatoms. The van der Waals surface area contributed by atoms with Crippen molar-refractivity contribution >= 4 is 34.8 Å². The van der Waals surface area contributed by atoms with Crippen LogP contribution in [0, 0.1) is 0 Å². The molecular weight excluding hydrogens is 574 g/mol. The Hall–Kier alpha value is -4.71. The molecule has 5 rings (SSSR count). The van der Waals surface area contributed by atoms with Gasteiger partial charge in [0, 0.05) is 48.2 Å². The molecule has 1 aliphatic carbocycles. The lowest BCUT2D eigenvalue weighted by molar-refractivity contribution is -0.118. The molecule has 0 spiro atoms. The predicted octanol–water partition coefficient (Wildman–Crippen LogP) is 3.63. The molecule has 3 aromatic carbocycles. The van der Waals surface area contributed by atoms with Gasteiger partial charge in [-0.15, -0.1) is 0 Å². The van der Waals surface area contributed by atoms with Gasteiger partial charge in [-0.1, -0.05) is 30.8 Å². The fourth-order valence-corrected chi connectivity index (χ4v) is 4.82. The lowest BCUT2D eigenvalue weighted by Crippen LogP contribution is -2.33. The van der Waals surface area contributed by atoms with E-state index >= 15 is 0 Å². The smallest absolute Gasteiger partial charge is 0.262 e. The molecule has 3 aromatic rings. The second kappa shape index (κ2) is 15.3. The van der Waals surface area contributed by atoms with Crippen molar-refractivity contribution < 1.29 is 28.6 Å². The predicted molar refractivity (Wildman–Crippen MR) is 172 cm³/mol. The number of rotatable bonds is 16. The van der Waals surface area contributed by atoms with E-state index in [1.165, 1.54) is 0 Å². The van der Waals surface area contributed by atoms with E-state index in [0.29, 0.717) is 74.3 Å². The topological polar surface area (TPSA) is 144 Å². The summed E-state index contributed by atoms with van der Waals surface area (Å²) in [4.78, 5) is 39.8. The lowest BCUT2D eigenvalue weighted by atomic mass is 10.1. The van der Waals surface area contributed by atoms with Crippen molar-refractivity contribution in [2.24, 2.45) is 5.73 Å². The largest absolute Gasteiger partial charge is 0.482 e. The summed E-state index contributed by atoms with van der Waals surface area (Å²) in [5.74, 6) is -0.0490. The normalized spacial score (nSPS) is 13.7. The number of carbonyl (C=O) groups is 3. The highest BCUT2D eigenvalue weighted by Crippen LogP contribution is 2.33. The standard InChI is InChI=1S/C34H39N5O6/c1-23(36-15-17-44-19-18-43-16-14-35)25-6-9-28(10-7-25)37-33(41)26-4-2-24(3-5-26)21-39(29-11-12-29)34(42)27-8-13-30-31(20-27)45-22-32(40)38-30/h2-10,13,20,29,36H,1,11-12,14-19,21-22,35H2,(H,37,41)(H,38,40). The van der Waals surface area contributed by atoms with Crippen LogP contribution in [-0.2, 0) is 20.8 Å². The number of carbonyl (C=O) groups excluding carboxylic acids is 3. The Morgan fingerprint density at radius 3 is 2.33 bits per heavy atom. The number of hydrogen-bond acceptors (Lipinski definition) is 8. The fraction of sp³-hybridized carbons (Fsp3) is 0.324. The number of ether oxygens (including phenoxy) is 3. The van der Waals surface area contributed by atoms with Gasteiger partial charge in [0.15, 0.2) is 6.61 Å². The van der Waals surface area contributed by atoms with Gasteiger partial charge in [0.2, 0.25) is 0 Å². The van der Waals surface area contributed by atoms with Crippen LogP contribution in [0.15, 0.2) is 73.3 Å². The average molecular weight is 614 g/mol. The SMILES string of the molecule is C=C(NCCOCCOCCN)c1ccc(NC(=O)c2ccc(CN(C(=O)c3ccc4c(c3)OCC(=O)N4)C3CC3)cc2)cc1. The summed E-state index contributed by atoms with van der Waals surface area (Å²) >= 11 is 0. The minimum Gasteiger partial charge on any atom is -0.482 e. The van der Waals surface area contributed by atoms with Crippen LogP contribution >= 0.6 is 0 Å². The van der Waals surface area contributed by atoms with E-state index in [0.717, 1.165) is 29.7 Å². The van der Waals surface area contributed by atoms with E-state index in [4.69, 9.17) is 19.9 Å². The zero-order chi connectivity index (χ0) is 31.6. The highest BCUT2D eigenvalue weighted by atomic mass is 16.5. The summed E-state index contributed by atoms with van der Waals surface area (Å²) in [6, 6.07) is 20.0. The quantitative estimate of drug-likeness (QED) is 0.179. The summed E-state index contributed by atoms with van der Waals surface area (Å²) in [6.45, 7) is 7.64. The molecule has 1 fully saturated rings. The molecule has 1 heterocycles. The molecule has 0 saturated heterocycles. The highest BCUT2D eigenvalue weighted by Gasteiger charge is 2.33. The summed E-state index contributed by atoms with van der Waals surface area (Å²) < 4.78 is 16.3. The van der Waals surface area contributed by atoms with Crippen molar-refractivity contribution in [3.63, 3.8) is 0 Å². The van der Waals surface area contributed by atoms with Crippen molar-refractivity contribution in [3.05, 3.63) is 95.6 Å². The van der Waals surface area contributed by atoms with Gasteiger partial charge in [-0.3, -0.25) is 14.4 Å². The molecule has 0 atom stereocenters. The zero-order valence-corrected chi connectivity index (χ0v) is 25.2. The number of nitrogens with one attached hydrogen (secondary N) is 3. The van der Waals surface area contributed by atoms with Crippen LogP contribution in [0.4, 0.5) is 11.4 Å². The van der Waals surface area contributed by atoms with Crippen molar-refractivity contribution in [1.82, 2.24) is 10.2 Å². The molecule has 0 bridgehead atoms. The Morgan fingerprint density at radius 2 is 1.62 bits per heavy atom. The molecule has 0 aromatic heterocycles. The number of amides is 3. The molecule has 11 nitrogen and oxygen atoms in total. The van der Waals surface area contributed by atoms with Crippen LogP contribution in [0.25, 0.3) is 5.70 Å². The Kier molecular flexibility index (Phi) is 10.8. The van der Waals surface area contributed by atoms with Crippen LogP contribution in [0.3, 0.4) is 0 Å². The van der Waals surface area contributed by atoms with Crippen LogP contribution in [-0.4, -0.2) is 74.8 Å². The first-order valence-corrected chi connectivity index (χ1v) is 15.1. The van der Waals surface area contributed by atoms with Gasteiger partial charge in [0.1, 0.15) is 5.75 Å². The van der Waals surface area contributed by atoms with Crippen molar-refractivity contribution in [1.29, 1.82) is 0 Å². The maximum Gasteiger partial charge on any atom is 0.262 e. The van der Waals surface area contributed by atoms with Crippen molar-refractivity contribution in [3.8, 4) is 5.75 Å². The Morgan fingerprint density at radius 1 is 0.933 bits per heavy atom. The van der Waals surface area contributed by atoms with Gasteiger partial charge < -0.3 is 40.8 Å². The minimum atomic E-state index is -0.227. The Bertz CT molecular complexity index is 1500. The van der Waals surface area contributed by atoms with Crippen LogP contribution in [0.5, 0.6) is 5.75 Å². The lowest BCUT2D eigenvalue weighted by Gasteiger charge is -2.24. The maximum atomic E-state index is 13.4. The number of fused-ring (bicyclic) bond motifs is 1. The van der Waals surface area contributed by atoms with Crippen molar-refractivity contribution in [2.45, 2.75) is 25.4 Å². The third kappa shape index (κ3) is 8.91. The monoisotopic (exact) mass is 613 g/mol. The molecule has 236 valence electrons. The Balaban J connectivity index is 1.10. The first-order valence-electron chi connectivity index (χ1n) is 15.1. The molecular formula is C34H39N5O6. The molecule has 45 heavy (non-hydrogen) atoms. The molecule has 1 saturated carbocycles. The molecule has 0 unspecified atom stereocenters. The number of nitrogens with two attached hydrogens (primary N) is 1. The first kappa shape index (κ1) is 31.7. The second-order valence-corrected chi connectivity index (χ2v) is 10.9. The number of hydrogen-bond donors (Lipinski definition) is 4. The van der Waals surface area contributed by atoms with Gasteiger partial charge in [-0.25, -0.2) is 0 Å². The van der Waals surface area contributed by atoms with Gasteiger partial charge in [-0.2, -0.15) is 0 Å². The highest BCUT2D eigenvalue weighted by molar-refractivity contribution is 6.04. The maximum absolute atomic E-state index is 13.4. The second-order valence-electron chi connectivity index (χ2n) is 10.9. The number of nitrogens with zero attached hydrogens (tertiary/aromatic N) is 1. The molecule has 5 N–H and O–H groups in total. The molecule has 3 amide bonds. The summed E-state index contributed by atoms with van der Waals surface area (Å²) in [7, 11) is 0. The minimum absolute atomic E-state index is 0.0698. The van der Waals surface area contributed by atoms with Gasteiger partial charge in [-0.05, 0) is 66.4 Å². The fourth-order valence-electron chi connectivity index (χ4n) is 4.82. The zero-order valence-electron chi connectivity index (χ0n) is 25.2. The molecule has 1 aliphatic heterocycles. The van der Waals surface area contributed by atoms with Gasteiger partial charge in [0.05, 0.1) is 32.1 Å². The number of benzene rings is 3. The third-order valence-corrected chi connectivity index (χ3v) is 7.39. The third-order valence-electron chi connectivity index (χ3n) is 7.39. The van der Waals surface area contributed by atoms with Crippen LogP contribution in [0.1, 0.15) is 44.7 Å². The van der Waals surface area contributed by atoms with E-state index in [9.17, 15) is 14.4 Å². The average Bonchev–Trinajstić information content (AvgIpc) is 3.90. The summed E-state index contributed by atoms with van der Waals surface area (Å²) in [5.41, 5.74) is 10.2. The van der Waals surface area contributed by atoms with E-state index in [-0.39, 0.29) is 30.4 Å². The van der Waals surface area contributed by atoms with Crippen molar-refractivity contribution in [2.75, 3.05) is 56.8 Å². The molecule has 2 aliphatic rings. The summed E-state index contributed by atoms with van der Waals surface area (Å²) in [6.07, 6.45) is 1.90. The number of anilines is 2. The van der Waals surface area contributed by atoms with E-state index in [1.54, 1.807) is 30.3 Å². The van der Waals surface area contributed by atoms with Crippen LogP contribution in [0.2, 0.25) is 0 Å². The first-order chi connectivity index (χ1) is 21.9. The van der Waals surface area contributed by atoms with Gasteiger partial charge in [0.25, 0.3) is 17.7 Å². The van der Waals surface area contributed by atoms with E-state index < -0.39 is 0 Å². The van der Waals surface area contributed by atoms with E-state index in [2.05, 4.69) is 22.5 Å².